The van der Waals surface area contributed by atoms with Crippen molar-refractivity contribution in [1.82, 2.24) is 10.6 Å². The molecule has 1 fully saturated rings. The molecule has 2 rings (SSSR count). The van der Waals surface area contributed by atoms with Crippen LogP contribution in [0, 0.1) is 11.8 Å². The van der Waals surface area contributed by atoms with Crippen LogP contribution in [0.4, 0.5) is 0 Å². The first-order valence-corrected chi connectivity index (χ1v) is 9.96. The van der Waals surface area contributed by atoms with Gasteiger partial charge >= 0.3 is 5.97 Å². The van der Waals surface area contributed by atoms with Gasteiger partial charge in [-0.2, -0.15) is 0 Å². The molecule has 1 aliphatic rings. The molecule has 8 nitrogen and oxygen atoms in total. The van der Waals surface area contributed by atoms with Gasteiger partial charge in [-0.1, -0.05) is 32.0 Å². The van der Waals surface area contributed by atoms with Gasteiger partial charge in [-0.05, 0) is 25.0 Å². The molecule has 2 N–H and O–H groups in total. The van der Waals surface area contributed by atoms with Crippen molar-refractivity contribution in [2.45, 2.75) is 45.9 Å². The van der Waals surface area contributed by atoms with E-state index in [-0.39, 0.29) is 30.6 Å². The molecular weight excluding hydrogens is 376 g/mol. The summed E-state index contributed by atoms with van der Waals surface area (Å²) in [6.07, 6.45) is -0.673. The lowest BCUT2D eigenvalue weighted by atomic mass is 9.91. The van der Waals surface area contributed by atoms with E-state index in [1.807, 2.05) is 44.2 Å². The number of rotatable bonds is 11. The number of hydrogen-bond acceptors (Lipinski definition) is 6. The molecule has 1 aromatic carbocycles. The quantitative estimate of drug-likeness (QED) is 0.428. The summed E-state index contributed by atoms with van der Waals surface area (Å²) in [7, 11) is 0. The van der Waals surface area contributed by atoms with Crippen molar-refractivity contribution in [3.8, 4) is 5.75 Å². The smallest absolute Gasteiger partial charge is 0.310 e. The van der Waals surface area contributed by atoms with E-state index in [0.717, 1.165) is 5.75 Å². The number of ether oxygens (including phenoxy) is 3. The van der Waals surface area contributed by atoms with Crippen molar-refractivity contribution in [3.63, 3.8) is 0 Å². The monoisotopic (exact) mass is 406 g/mol. The van der Waals surface area contributed by atoms with Gasteiger partial charge in [0.2, 0.25) is 18.1 Å². The number of benzene rings is 1. The summed E-state index contributed by atoms with van der Waals surface area (Å²) in [4.78, 5) is 36.5. The lowest BCUT2D eigenvalue weighted by Crippen LogP contribution is -2.46. The molecule has 0 bridgehead atoms. The predicted octanol–water partition coefficient (Wildman–Crippen LogP) is 1.64. The predicted molar refractivity (Wildman–Crippen MR) is 106 cm³/mol. The molecule has 160 valence electrons. The first kappa shape index (κ1) is 22.7. The van der Waals surface area contributed by atoms with E-state index < -0.39 is 24.2 Å². The zero-order chi connectivity index (χ0) is 21.2. The average Bonchev–Trinajstić information content (AvgIpc) is 3.03. The number of carbonyl (C=O) groups is 3. The van der Waals surface area contributed by atoms with E-state index in [1.54, 1.807) is 6.92 Å². The lowest BCUT2D eigenvalue weighted by molar-refractivity contribution is -0.164. The van der Waals surface area contributed by atoms with Crippen LogP contribution in [0.5, 0.6) is 5.75 Å². The Morgan fingerprint density at radius 1 is 1.24 bits per heavy atom. The third-order valence-corrected chi connectivity index (χ3v) is 4.60. The number of hydrogen-bond donors (Lipinski definition) is 2. The summed E-state index contributed by atoms with van der Waals surface area (Å²) in [6, 6.07) is 8.79. The topological polar surface area (TPSA) is 103 Å². The Bertz CT molecular complexity index is 679. The molecule has 3 atom stereocenters. The summed E-state index contributed by atoms with van der Waals surface area (Å²) in [5.74, 6) is -0.767. The Morgan fingerprint density at radius 3 is 2.62 bits per heavy atom. The lowest BCUT2D eigenvalue weighted by Gasteiger charge is -2.24. The summed E-state index contributed by atoms with van der Waals surface area (Å²) >= 11 is 0. The SMILES string of the molecule is CCOC1OC(=O)CC1NC(=O)C(CC(=O)NCCOc1ccccc1)C(C)C. The van der Waals surface area contributed by atoms with Crippen molar-refractivity contribution in [2.75, 3.05) is 19.8 Å². The fourth-order valence-corrected chi connectivity index (χ4v) is 3.04. The number of carbonyl (C=O) groups excluding carboxylic acids is 3. The first-order valence-electron chi connectivity index (χ1n) is 9.96. The molecule has 0 radical (unpaired) electrons. The Kier molecular flexibility index (Phi) is 8.92. The molecule has 1 aromatic rings. The van der Waals surface area contributed by atoms with Gasteiger partial charge in [0, 0.05) is 18.9 Å². The van der Waals surface area contributed by atoms with Crippen LogP contribution in [0.15, 0.2) is 30.3 Å². The van der Waals surface area contributed by atoms with Crippen LogP contribution in [0.3, 0.4) is 0 Å². The van der Waals surface area contributed by atoms with E-state index >= 15 is 0 Å². The van der Waals surface area contributed by atoms with Gasteiger partial charge in [0.25, 0.3) is 0 Å². The molecule has 1 aliphatic heterocycles. The molecule has 0 aromatic heterocycles. The summed E-state index contributed by atoms with van der Waals surface area (Å²) < 4.78 is 16.0. The number of esters is 1. The maximum Gasteiger partial charge on any atom is 0.310 e. The van der Waals surface area contributed by atoms with Gasteiger partial charge in [0.1, 0.15) is 18.4 Å². The fourth-order valence-electron chi connectivity index (χ4n) is 3.04. The molecule has 0 saturated carbocycles. The minimum atomic E-state index is -0.784. The van der Waals surface area contributed by atoms with E-state index in [0.29, 0.717) is 19.8 Å². The van der Waals surface area contributed by atoms with Gasteiger partial charge in [-0.3, -0.25) is 14.4 Å². The highest BCUT2D eigenvalue weighted by molar-refractivity contribution is 5.86. The molecule has 29 heavy (non-hydrogen) atoms. The zero-order valence-corrected chi connectivity index (χ0v) is 17.2. The Labute approximate surface area is 171 Å². The van der Waals surface area contributed by atoms with E-state index in [4.69, 9.17) is 14.2 Å². The summed E-state index contributed by atoms with van der Waals surface area (Å²) in [6.45, 7) is 6.60. The second-order valence-corrected chi connectivity index (χ2v) is 7.20. The largest absolute Gasteiger partial charge is 0.492 e. The highest BCUT2D eigenvalue weighted by Gasteiger charge is 2.38. The Balaban J connectivity index is 1.79. The molecule has 1 heterocycles. The van der Waals surface area contributed by atoms with Crippen LogP contribution >= 0.6 is 0 Å². The standard InChI is InChI=1S/C21H30N2O6/c1-4-27-21-17(13-19(25)29-21)23-20(26)16(14(2)3)12-18(24)22-10-11-28-15-8-6-5-7-9-15/h5-9,14,16-17,21H,4,10-13H2,1-3H3,(H,22,24)(H,23,26). The average molecular weight is 406 g/mol. The number of amides is 2. The van der Waals surface area contributed by atoms with E-state index in [1.165, 1.54) is 0 Å². The van der Waals surface area contributed by atoms with Crippen LogP contribution in [-0.2, 0) is 23.9 Å². The third kappa shape index (κ3) is 7.38. The molecule has 0 spiro atoms. The van der Waals surface area contributed by atoms with Crippen molar-refractivity contribution in [1.29, 1.82) is 0 Å². The van der Waals surface area contributed by atoms with Gasteiger partial charge in [-0.15, -0.1) is 0 Å². The van der Waals surface area contributed by atoms with Crippen LogP contribution in [0.2, 0.25) is 0 Å². The summed E-state index contributed by atoms with van der Waals surface area (Å²) in [5.41, 5.74) is 0. The molecule has 8 heteroatoms. The fraction of sp³-hybridized carbons (Fsp3) is 0.571. The minimum absolute atomic E-state index is 0.0510. The van der Waals surface area contributed by atoms with Crippen LogP contribution in [0.25, 0.3) is 0 Å². The second-order valence-electron chi connectivity index (χ2n) is 7.20. The van der Waals surface area contributed by atoms with Gasteiger partial charge in [0.05, 0.1) is 13.0 Å². The number of para-hydroxylation sites is 1. The second kappa shape index (κ2) is 11.4. The Morgan fingerprint density at radius 2 is 1.97 bits per heavy atom. The van der Waals surface area contributed by atoms with Crippen molar-refractivity contribution in [3.05, 3.63) is 30.3 Å². The minimum Gasteiger partial charge on any atom is -0.492 e. The summed E-state index contributed by atoms with van der Waals surface area (Å²) in [5, 5.41) is 5.58. The molecule has 2 amide bonds. The molecule has 1 saturated heterocycles. The Hall–Kier alpha value is -2.61. The van der Waals surface area contributed by atoms with Crippen molar-refractivity contribution in [2.24, 2.45) is 11.8 Å². The van der Waals surface area contributed by atoms with E-state index in [2.05, 4.69) is 10.6 Å². The molecular formula is C21H30N2O6. The van der Waals surface area contributed by atoms with Crippen LogP contribution in [-0.4, -0.2) is 49.9 Å². The molecule has 3 unspecified atom stereocenters. The highest BCUT2D eigenvalue weighted by Crippen LogP contribution is 2.20. The van der Waals surface area contributed by atoms with Crippen molar-refractivity contribution >= 4 is 17.8 Å². The van der Waals surface area contributed by atoms with Crippen LogP contribution in [0.1, 0.15) is 33.6 Å². The normalized spacial score (nSPS) is 19.5. The number of cyclic esters (lactones) is 1. The van der Waals surface area contributed by atoms with Crippen molar-refractivity contribution < 1.29 is 28.6 Å². The number of nitrogens with one attached hydrogen (secondary N) is 2. The third-order valence-electron chi connectivity index (χ3n) is 4.60. The maximum absolute atomic E-state index is 12.7. The zero-order valence-electron chi connectivity index (χ0n) is 17.2. The first-order chi connectivity index (χ1) is 13.9. The highest BCUT2D eigenvalue weighted by atomic mass is 16.7. The van der Waals surface area contributed by atoms with Crippen LogP contribution < -0.4 is 15.4 Å². The van der Waals surface area contributed by atoms with Gasteiger partial charge in [-0.25, -0.2) is 0 Å². The molecule has 0 aliphatic carbocycles. The maximum atomic E-state index is 12.7. The van der Waals surface area contributed by atoms with Gasteiger partial charge < -0.3 is 24.8 Å². The van der Waals surface area contributed by atoms with E-state index in [9.17, 15) is 14.4 Å². The van der Waals surface area contributed by atoms with Gasteiger partial charge in [0.15, 0.2) is 0 Å².